The smallest absolute Gasteiger partial charge is 0.0471 e. The fourth-order valence-electron chi connectivity index (χ4n) is 3.14. The van der Waals surface area contributed by atoms with E-state index in [1.807, 2.05) is 0 Å². The Hall–Kier alpha value is -0.120. The largest absolute Gasteiger partial charge is 0.396 e. The first-order chi connectivity index (χ1) is 8.38. The molecular formula is C14H28N2O. The molecule has 3 nitrogen and oxygen atoms in total. The highest BCUT2D eigenvalue weighted by atomic mass is 16.3. The summed E-state index contributed by atoms with van der Waals surface area (Å²) in [6, 6.07) is 0. The minimum absolute atomic E-state index is 0.378. The molecule has 0 aliphatic carbocycles. The third kappa shape index (κ3) is 4.57. The molecule has 0 aromatic heterocycles. The van der Waals surface area contributed by atoms with Crippen molar-refractivity contribution in [1.29, 1.82) is 0 Å². The molecule has 2 aliphatic heterocycles. The van der Waals surface area contributed by atoms with Gasteiger partial charge < -0.3 is 14.9 Å². The molecule has 1 atom stereocenters. The van der Waals surface area contributed by atoms with Gasteiger partial charge in [-0.3, -0.25) is 0 Å². The van der Waals surface area contributed by atoms with Crippen molar-refractivity contribution >= 4 is 0 Å². The average molecular weight is 240 g/mol. The molecular weight excluding hydrogens is 212 g/mol. The number of aliphatic hydroxyl groups is 1. The number of nitrogens with zero attached hydrogens (tertiary/aromatic N) is 2. The van der Waals surface area contributed by atoms with Crippen molar-refractivity contribution in [2.75, 3.05) is 45.9 Å². The van der Waals surface area contributed by atoms with Crippen LogP contribution in [0.3, 0.4) is 0 Å². The zero-order valence-electron chi connectivity index (χ0n) is 11.1. The highest BCUT2D eigenvalue weighted by Crippen LogP contribution is 2.16. The predicted molar refractivity (Wildman–Crippen MR) is 71.2 cm³/mol. The van der Waals surface area contributed by atoms with Crippen LogP contribution in [-0.2, 0) is 0 Å². The summed E-state index contributed by atoms with van der Waals surface area (Å²) in [5.74, 6) is 0.549. The molecule has 1 N–H and O–H groups in total. The molecule has 2 fully saturated rings. The van der Waals surface area contributed by atoms with Gasteiger partial charge in [-0.05, 0) is 64.3 Å². The lowest BCUT2D eigenvalue weighted by molar-refractivity contribution is 0.214. The van der Waals surface area contributed by atoms with E-state index in [-0.39, 0.29) is 0 Å². The SMILES string of the molecule is OCC1CCN(CCCN2CCCCCC2)C1. The number of aliphatic hydroxyl groups excluding tert-OH is 1. The Kier molecular flexibility index (Phi) is 5.75. The first kappa shape index (κ1) is 13.3. The van der Waals surface area contributed by atoms with Crippen LogP contribution in [0.1, 0.15) is 38.5 Å². The maximum Gasteiger partial charge on any atom is 0.0471 e. The molecule has 0 amide bonds. The number of likely N-dealkylation sites (tertiary alicyclic amines) is 2. The fraction of sp³-hybridized carbons (Fsp3) is 1.00. The van der Waals surface area contributed by atoms with Crippen molar-refractivity contribution < 1.29 is 5.11 Å². The van der Waals surface area contributed by atoms with Crippen LogP contribution in [0.15, 0.2) is 0 Å². The fourth-order valence-corrected chi connectivity index (χ4v) is 3.14. The number of hydrogen-bond acceptors (Lipinski definition) is 3. The van der Waals surface area contributed by atoms with E-state index in [4.69, 9.17) is 5.11 Å². The molecule has 3 heteroatoms. The van der Waals surface area contributed by atoms with Gasteiger partial charge in [-0.15, -0.1) is 0 Å². The van der Waals surface area contributed by atoms with E-state index in [2.05, 4.69) is 9.80 Å². The molecule has 0 spiro atoms. The molecule has 0 saturated carbocycles. The lowest BCUT2D eigenvalue weighted by Crippen LogP contribution is -2.30. The van der Waals surface area contributed by atoms with Gasteiger partial charge in [-0.2, -0.15) is 0 Å². The summed E-state index contributed by atoms with van der Waals surface area (Å²) < 4.78 is 0. The first-order valence-electron chi connectivity index (χ1n) is 7.44. The average Bonchev–Trinajstić information content (AvgIpc) is 2.65. The van der Waals surface area contributed by atoms with E-state index in [0.29, 0.717) is 12.5 Å². The zero-order chi connectivity index (χ0) is 11.9. The van der Waals surface area contributed by atoms with Crippen LogP contribution in [-0.4, -0.2) is 60.8 Å². The standard InChI is InChI=1S/C14H28N2O/c17-13-14-6-11-16(12-14)10-5-9-15-7-3-1-2-4-8-15/h14,17H,1-13H2. The zero-order valence-corrected chi connectivity index (χ0v) is 11.1. The van der Waals surface area contributed by atoms with Gasteiger partial charge in [0.2, 0.25) is 0 Å². The summed E-state index contributed by atoms with van der Waals surface area (Å²) in [5, 5.41) is 9.11. The minimum Gasteiger partial charge on any atom is -0.396 e. The van der Waals surface area contributed by atoms with Crippen molar-refractivity contribution in [2.45, 2.75) is 38.5 Å². The van der Waals surface area contributed by atoms with E-state index in [1.54, 1.807) is 0 Å². The van der Waals surface area contributed by atoms with Gasteiger partial charge in [-0.1, -0.05) is 12.8 Å². The number of hydrogen-bond donors (Lipinski definition) is 1. The number of rotatable bonds is 5. The third-order valence-electron chi connectivity index (χ3n) is 4.28. The van der Waals surface area contributed by atoms with Crippen LogP contribution in [0.5, 0.6) is 0 Å². The summed E-state index contributed by atoms with van der Waals surface area (Å²) in [6.45, 7) is 7.84. The van der Waals surface area contributed by atoms with E-state index in [0.717, 1.165) is 6.54 Å². The first-order valence-corrected chi connectivity index (χ1v) is 7.44. The summed E-state index contributed by atoms with van der Waals surface area (Å²) in [4.78, 5) is 5.17. The summed E-state index contributed by atoms with van der Waals surface area (Å²) in [6.07, 6.45) is 8.16. The van der Waals surface area contributed by atoms with Crippen molar-refractivity contribution in [2.24, 2.45) is 5.92 Å². The van der Waals surface area contributed by atoms with Crippen molar-refractivity contribution in [3.05, 3.63) is 0 Å². The lowest BCUT2D eigenvalue weighted by Gasteiger charge is -2.22. The van der Waals surface area contributed by atoms with E-state index >= 15 is 0 Å². The van der Waals surface area contributed by atoms with Crippen LogP contribution in [0.2, 0.25) is 0 Å². The normalized spacial score (nSPS) is 28.4. The predicted octanol–water partition coefficient (Wildman–Crippen LogP) is 1.57. The quantitative estimate of drug-likeness (QED) is 0.790. The molecule has 0 aromatic rings. The van der Waals surface area contributed by atoms with Gasteiger partial charge in [0, 0.05) is 13.2 Å². The Morgan fingerprint density at radius 3 is 2.24 bits per heavy atom. The van der Waals surface area contributed by atoms with Crippen molar-refractivity contribution in [1.82, 2.24) is 9.80 Å². The van der Waals surface area contributed by atoms with Crippen molar-refractivity contribution in [3.63, 3.8) is 0 Å². The van der Waals surface area contributed by atoms with E-state index in [9.17, 15) is 0 Å². The maximum atomic E-state index is 9.11. The van der Waals surface area contributed by atoms with Gasteiger partial charge in [0.1, 0.15) is 0 Å². The van der Waals surface area contributed by atoms with Gasteiger partial charge in [0.05, 0.1) is 0 Å². The molecule has 2 rings (SSSR count). The topological polar surface area (TPSA) is 26.7 Å². The monoisotopic (exact) mass is 240 g/mol. The highest BCUT2D eigenvalue weighted by Gasteiger charge is 2.21. The second-order valence-corrected chi connectivity index (χ2v) is 5.75. The second kappa shape index (κ2) is 7.34. The Bertz CT molecular complexity index is 202. The Morgan fingerprint density at radius 2 is 1.59 bits per heavy atom. The molecule has 17 heavy (non-hydrogen) atoms. The Morgan fingerprint density at radius 1 is 0.882 bits per heavy atom. The van der Waals surface area contributed by atoms with Crippen LogP contribution >= 0.6 is 0 Å². The lowest BCUT2D eigenvalue weighted by atomic mass is 10.1. The Labute approximate surface area is 106 Å². The van der Waals surface area contributed by atoms with E-state index < -0.39 is 0 Å². The molecule has 0 aromatic carbocycles. The van der Waals surface area contributed by atoms with Crippen LogP contribution in [0.4, 0.5) is 0 Å². The van der Waals surface area contributed by atoms with Gasteiger partial charge >= 0.3 is 0 Å². The third-order valence-corrected chi connectivity index (χ3v) is 4.28. The Balaban J connectivity index is 1.56. The molecule has 1 unspecified atom stereocenters. The molecule has 100 valence electrons. The second-order valence-electron chi connectivity index (χ2n) is 5.75. The maximum absolute atomic E-state index is 9.11. The van der Waals surface area contributed by atoms with E-state index in [1.165, 1.54) is 71.2 Å². The van der Waals surface area contributed by atoms with Crippen LogP contribution in [0, 0.1) is 5.92 Å². The van der Waals surface area contributed by atoms with Gasteiger partial charge in [0.15, 0.2) is 0 Å². The molecule has 2 heterocycles. The minimum atomic E-state index is 0.378. The highest BCUT2D eigenvalue weighted by molar-refractivity contribution is 4.75. The summed E-state index contributed by atoms with van der Waals surface area (Å²) in [7, 11) is 0. The summed E-state index contributed by atoms with van der Waals surface area (Å²) >= 11 is 0. The molecule has 2 saturated heterocycles. The van der Waals surface area contributed by atoms with Gasteiger partial charge in [-0.25, -0.2) is 0 Å². The summed E-state index contributed by atoms with van der Waals surface area (Å²) in [5.41, 5.74) is 0. The van der Waals surface area contributed by atoms with Crippen molar-refractivity contribution in [3.8, 4) is 0 Å². The van der Waals surface area contributed by atoms with Gasteiger partial charge in [0.25, 0.3) is 0 Å². The molecule has 0 bridgehead atoms. The molecule has 2 aliphatic rings. The molecule has 0 radical (unpaired) electrons. The van der Waals surface area contributed by atoms with Crippen LogP contribution < -0.4 is 0 Å². The van der Waals surface area contributed by atoms with Crippen LogP contribution in [0.25, 0.3) is 0 Å².